The molecule has 2 aromatic rings. The van der Waals surface area contributed by atoms with Crippen molar-refractivity contribution >= 4 is 27.3 Å². The summed E-state index contributed by atoms with van der Waals surface area (Å²) in [6.45, 7) is 0. The predicted octanol–water partition coefficient (Wildman–Crippen LogP) is 4.98. The van der Waals surface area contributed by atoms with Crippen LogP contribution in [0.15, 0.2) is 65.1 Å². The van der Waals surface area contributed by atoms with Crippen molar-refractivity contribution in [1.82, 2.24) is 0 Å². The molecular weight excluding hydrogens is 312 g/mol. The molecule has 0 amide bonds. The molecule has 0 unspecified atom stereocenters. The van der Waals surface area contributed by atoms with E-state index >= 15 is 0 Å². The Morgan fingerprint density at radius 1 is 0.900 bits per heavy atom. The summed E-state index contributed by atoms with van der Waals surface area (Å²) in [6, 6.07) is 18.5. The number of allylic oxidation sites excluding steroid dienone is 2. The van der Waals surface area contributed by atoms with E-state index in [9.17, 15) is 4.79 Å². The second kappa shape index (κ2) is 5.76. The molecule has 1 aliphatic rings. The first-order valence-electron chi connectivity index (χ1n) is 6.76. The van der Waals surface area contributed by atoms with Crippen LogP contribution in [0.3, 0.4) is 0 Å². The molecule has 2 heteroatoms. The van der Waals surface area contributed by atoms with Crippen molar-refractivity contribution in [2.45, 2.75) is 18.8 Å². The van der Waals surface area contributed by atoms with Gasteiger partial charge in [0.1, 0.15) is 0 Å². The Bertz CT molecular complexity index is 641. The van der Waals surface area contributed by atoms with Crippen LogP contribution < -0.4 is 0 Å². The number of carbonyl (C=O) groups is 1. The molecule has 0 bridgehead atoms. The summed E-state index contributed by atoms with van der Waals surface area (Å²) < 4.78 is 1.06. The molecule has 100 valence electrons. The van der Waals surface area contributed by atoms with Crippen LogP contribution in [0.4, 0.5) is 0 Å². The zero-order valence-corrected chi connectivity index (χ0v) is 12.6. The van der Waals surface area contributed by atoms with E-state index in [0.717, 1.165) is 22.0 Å². The standard InChI is InChI=1S/C18H15BrO/c19-17-8-6-14(7-9-17)16-10-15(11-18(20)12-16)13-4-2-1-3-5-13/h1-9,12,15H,10-11H2/t15-/m0/s1. The Balaban J connectivity index is 1.89. The third kappa shape index (κ3) is 2.91. The summed E-state index contributed by atoms with van der Waals surface area (Å²) in [5.41, 5.74) is 3.54. The lowest BCUT2D eigenvalue weighted by molar-refractivity contribution is -0.115. The fraction of sp³-hybridized carbons (Fsp3) is 0.167. The highest BCUT2D eigenvalue weighted by Gasteiger charge is 2.22. The van der Waals surface area contributed by atoms with Gasteiger partial charge in [-0.25, -0.2) is 0 Å². The van der Waals surface area contributed by atoms with E-state index < -0.39 is 0 Å². The SMILES string of the molecule is O=C1C=C(c2ccc(Br)cc2)C[C@H](c2ccccc2)C1. The monoisotopic (exact) mass is 326 g/mol. The smallest absolute Gasteiger partial charge is 0.156 e. The van der Waals surface area contributed by atoms with Crippen molar-refractivity contribution in [2.24, 2.45) is 0 Å². The summed E-state index contributed by atoms with van der Waals surface area (Å²) >= 11 is 3.44. The van der Waals surface area contributed by atoms with Crippen molar-refractivity contribution in [1.29, 1.82) is 0 Å². The number of hydrogen-bond donors (Lipinski definition) is 0. The van der Waals surface area contributed by atoms with Gasteiger partial charge >= 0.3 is 0 Å². The number of hydrogen-bond acceptors (Lipinski definition) is 1. The van der Waals surface area contributed by atoms with E-state index in [1.54, 1.807) is 0 Å². The quantitative estimate of drug-likeness (QED) is 0.760. The van der Waals surface area contributed by atoms with Gasteiger partial charge < -0.3 is 0 Å². The maximum Gasteiger partial charge on any atom is 0.156 e. The third-order valence-electron chi connectivity index (χ3n) is 3.74. The van der Waals surface area contributed by atoms with Crippen molar-refractivity contribution in [3.05, 3.63) is 76.3 Å². The topological polar surface area (TPSA) is 17.1 Å². The highest BCUT2D eigenvalue weighted by atomic mass is 79.9. The van der Waals surface area contributed by atoms with Crippen LogP contribution in [0.2, 0.25) is 0 Å². The number of halogens is 1. The van der Waals surface area contributed by atoms with E-state index in [0.29, 0.717) is 12.3 Å². The van der Waals surface area contributed by atoms with Gasteiger partial charge in [0.2, 0.25) is 0 Å². The second-order valence-electron chi connectivity index (χ2n) is 5.16. The maximum absolute atomic E-state index is 12.0. The number of rotatable bonds is 2. The van der Waals surface area contributed by atoms with E-state index in [-0.39, 0.29) is 5.78 Å². The number of ketones is 1. The van der Waals surface area contributed by atoms with Crippen LogP contribution in [0, 0.1) is 0 Å². The highest BCUT2D eigenvalue weighted by Crippen LogP contribution is 2.36. The molecule has 0 fully saturated rings. The Kier molecular flexibility index (Phi) is 3.83. The zero-order chi connectivity index (χ0) is 13.9. The van der Waals surface area contributed by atoms with Gasteiger partial charge in [-0.3, -0.25) is 4.79 Å². The maximum atomic E-state index is 12.0. The Morgan fingerprint density at radius 2 is 1.60 bits per heavy atom. The Labute approximate surface area is 127 Å². The van der Waals surface area contributed by atoms with Crippen LogP contribution in [0.25, 0.3) is 5.57 Å². The van der Waals surface area contributed by atoms with Crippen LogP contribution >= 0.6 is 15.9 Å². The third-order valence-corrected chi connectivity index (χ3v) is 4.26. The normalized spacial score (nSPS) is 18.8. The summed E-state index contributed by atoms with van der Waals surface area (Å²) in [6.07, 6.45) is 3.35. The molecule has 0 heterocycles. The van der Waals surface area contributed by atoms with E-state index in [1.165, 1.54) is 5.56 Å². The van der Waals surface area contributed by atoms with E-state index in [4.69, 9.17) is 0 Å². The molecule has 20 heavy (non-hydrogen) atoms. The molecule has 0 aromatic heterocycles. The molecular formula is C18H15BrO. The van der Waals surface area contributed by atoms with Crippen LogP contribution in [0.5, 0.6) is 0 Å². The minimum atomic E-state index is 0.225. The summed E-state index contributed by atoms with van der Waals surface area (Å²) in [4.78, 5) is 12.0. The molecule has 1 aliphatic carbocycles. The van der Waals surface area contributed by atoms with Gasteiger partial charge in [0, 0.05) is 10.9 Å². The largest absolute Gasteiger partial charge is 0.295 e. The summed E-state index contributed by atoms with van der Waals surface area (Å²) in [5.74, 6) is 0.523. The predicted molar refractivity (Wildman–Crippen MR) is 85.5 cm³/mol. The van der Waals surface area contributed by atoms with E-state index in [1.807, 2.05) is 36.4 Å². The van der Waals surface area contributed by atoms with Gasteiger partial charge in [-0.1, -0.05) is 58.4 Å². The molecule has 0 N–H and O–H groups in total. The van der Waals surface area contributed by atoms with Gasteiger partial charge in [-0.15, -0.1) is 0 Å². The Hall–Kier alpha value is -1.67. The van der Waals surface area contributed by atoms with Gasteiger partial charge in [-0.05, 0) is 47.2 Å². The first kappa shape index (κ1) is 13.3. The Morgan fingerprint density at radius 3 is 2.30 bits per heavy atom. The van der Waals surface area contributed by atoms with Gasteiger partial charge in [0.05, 0.1) is 0 Å². The van der Waals surface area contributed by atoms with Crippen LogP contribution in [-0.4, -0.2) is 5.78 Å². The van der Waals surface area contributed by atoms with E-state index in [2.05, 4.69) is 40.2 Å². The molecule has 0 saturated carbocycles. The molecule has 0 radical (unpaired) electrons. The van der Waals surface area contributed by atoms with Gasteiger partial charge in [0.15, 0.2) is 5.78 Å². The van der Waals surface area contributed by atoms with Crippen LogP contribution in [0.1, 0.15) is 29.9 Å². The van der Waals surface area contributed by atoms with Crippen molar-refractivity contribution in [3.63, 3.8) is 0 Å². The molecule has 3 rings (SSSR count). The molecule has 0 aliphatic heterocycles. The molecule has 1 nitrogen and oxygen atoms in total. The number of benzene rings is 2. The molecule has 0 saturated heterocycles. The number of carbonyl (C=O) groups excluding carboxylic acids is 1. The van der Waals surface area contributed by atoms with Crippen molar-refractivity contribution in [3.8, 4) is 0 Å². The average molecular weight is 327 g/mol. The lowest BCUT2D eigenvalue weighted by atomic mass is 9.81. The van der Waals surface area contributed by atoms with Gasteiger partial charge in [-0.2, -0.15) is 0 Å². The van der Waals surface area contributed by atoms with Gasteiger partial charge in [0.25, 0.3) is 0 Å². The molecule has 0 spiro atoms. The van der Waals surface area contributed by atoms with Crippen LogP contribution in [-0.2, 0) is 4.79 Å². The second-order valence-corrected chi connectivity index (χ2v) is 6.07. The lowest BCUT2D eigenvalue weighted by Crippen LogP contribution is -2.12. The molecule has 2 aromatic carbocycles. The van der Waals surface area contributed by atoms with Crippen molar-refractivity contribution in [2.75, 3.05) is 0 Å². The zero-order valence-electron chi connectivity index (χ0n) is 11.1. The summed E-state index contributed by atoms with van der Waals surface area (Å²) in [5, 5.41) is 0. The fourth-order valence-corrected chi connectivity index (χ4v) is 2.98. The van der Waals surface area contributed by atoms with Crippen molar-refractivity contribution < 1.29 is 4.79 Å². The first-order valence-corrected chi connectivity index (χ1v) is 7.56. The fourth-order valence-electron chi connectivity index (χ4n) is 2.72. The minimum absolute atomic E-state index is 0.225. The lowest BCUT2D eigenvalue weighted by Gasteiger charge is -2.22. The molecule has 1 atom stereocenters. The minimum Gasteiger partial charge on any atom is -0.295 e. The highest BCUT2D eigenvalue weighted by molar-refractivity contribution is 9.10. The first-order chi connectivity index (χ1) is 9.72. The average Bonchev–Trinajstić information content (AvgIpc) is 2.48. The summed E-state index contributed by atoms with van der Waals surface area (Å²) in [7, 11) is 0.